The van der Waals surface area contributed by atoms with Gasteiger partial charge >= 0.3 is 0 Å². The van der Waals surface area contributed by atoms with E-state index in [1.165, 1.54) is 11.1 Å². The van der Waals surface area contributed by atoms with Gasteiger partial charge < -0.3 is 15.3 Å². The number of nitrogens with one attached hydrogen (secondary N) is 1. The minimum absolute atomic E-state index is 0.342. The van der Waals surface area contributed by atoms with E-state index in [4.69, 9.17) is 4.99 Å². The molecule has 0 radical (unpaired) electrons. The minimum Gasteiger partial charge on any atom is -0.386 e. The fourth-order valence-corrected chi connectivity index (χ4v) is 3.67. The first kappa shape index (κ1) is 22.2. The topological polar surface area (TPSA) is 64.0 Å². The van der Waals surface area contributed by atoms with Gasteiger partial charge in [-0.1, -0.05) is 38.1 Å². The molecule has 3 rings (SSSR count). The molecule has 0 amide bonds. The molecule has 162 valence electrons. The summed E-state index contributed by atoms with van der Waals surface area (Å²) in [6.07, 6.45) is 2.78. The molecule has 6 nitrogen and oxygen atoms in total. The van der Waals surface area contributed by atoms with Gasteiger partial charge in [0.2, 0.25) is 0 Å². The summed E-state index contributed by atoms with van der Waals surface area (Å²) in [7, 11) is 0. The number of aliphatic hydroxyl groups excluding tert-OH is 1. The maximum Gasteiger partial charge on any atom is 0.194 e. The fourth-order valence-electron chi connectivity index (χ4n) is 3.67. The van der Waals surface area contributed by atoms with Crippen molar-refractivity contribution in [1.29, 1.82) is 0 Å². The van der Waals surface area contributed by atoms with Gasteiger partial charge in [-0.3, -0.25) is 14.9 Å². The molecule has 1 aromatic carbocycles. The van der Waals surface area contributed by atoms with Gasteiger partial charge in [0.05, 0.1) is 12.6 Å². The number of guanidine groups is 1. The van der Waals surface area contributed by atoms with Crippen molar-refractivity contribution in [1.82, 2.24) is 20.1 Å². The molecule has 2 heterocycles. The van der Waals surface area contributed by atoms with Crippen LogP contribution in [-0.4, -0.2) is 65.1 Å². The number of hydrogen-bond donors (Lipinski definition) is 2. The monoisotopic (exact) mass is 409 g/mol. The number of pyridine rings is 1. The zero-order chi connectivity index (χ0) is 21.3. The maximum absolute atomic E-state index is 10.4. The van der Waals surface area contributed by atoms with Crippen molar-refractivity contribution in [3.8, 4) is 0 Å². The summed E-state index contributed by atoms with van der Waals surface area (Å²) in [4.78, 5) is 13.5. The Bertz CT molecular complexity index is 783. The quantitative estimate of drug-likeness (QED) is 0.544. The first-order valence-corrected chi connectivity index (χ1v) is 11.0. The highest BCUT2D eigenvalue weighted by Crippen LogP contribution is 2.16. The minimum atomic E-state index is -0.614. The first-order chi connectivity index (χ1) is 14.6. The van der Waals surface area contributed by atoms with Crippen LogP contribution in [0.2, 0.25) is 0 Å². The molecular weight excluding hydrogens is 374 g/mol. The Kier molecular flexibility index (Phi) is 8.22. The van der Waals surface area contributed by atoms with Crippen LogP contribution in [0.1, 0.15) is 49.5 Å². The molecule has 1 atom stereocenters. The number of aromatic nitrogens is 1. The molecule has 0 aliphatic carbocycles. The standard InChI is InChI=1S/C24H35N5O/c1-4-26-24(27-17-23(30)22-9-11-25-12-10-22)29-15-13-28(14-16-29)18-20-5-7-21(8-6-20)19(2)3/h5-12,19,23,30H,4,13-18H2,1-3H3,(H,26,27). The van der Waals surface area contributed by atoms with Crippen LogP contribution in [-0.2, 0) is 6.54 Å². The van der Waals surface area contributed by atoms with Crippen LogP contribution in [0.25, 0.3) is 0 Å². The molecule has 0 bridgehead atoms. The molecule has 1 saturated heterocycles. The lowest BCUT2D eigenvalue weighted by Crippen LogP contribution is -2.52. The van der Waals surface area contributed by atoms with Crippen molar-refractivity contribution >= 4 is 5.96 Å². The summed E-state index contributed by atoms with van der Waals surface area (Å²) in [6.45, 7) is 12.5. The van der Waals surface area contributed by atoms with Gasteiger partial charge in [0.1, 0.15) is 0 Å². The number of rotatable bonds is 7. The predicted octanol–water partition coefficient (Wildman–Crippen LogP) is 3.02. The number of piperazine rings is 1. The summed E-state index contributed by atoms with van der Waals surface area (Å²) in [5.74, 6) is 1.45. The lowest BCUT2D eigenvalue weighted by atomic mass is 10.0. The fraction of sp³-hybridized carbons (Fsp3) is 0.500. The molecule has 1 aromatic heterocycles. The summed E-state index contributed by atoms with van der Waals surface area (Å²) >= 11 is 0. The molecule has 6 heteroatoms. The smallest absolute Gasteiger partial charge is 0.194 e. The van der Waals surface area contributed by atoms with Crippen LogP contribution in [0.15, 0.2) is 53.8 Å². The van der Waals surface area contributed by atoms with E-state index in [0.717, 1.165) is 50.8 Å². The number of benzene rings is 1. The van der Waals surface area contributed by atoms with Crippen molar-refractivity contribution in [3.05, 3.63) is 65.5 Å². The van der Waals surface area contributed by atoms with E-state index >= 15 is 0 Å². The second kappa shape index (κ2) is 11.1. The lowest BCUT2D eigenvalue weighted by molar-refractivity contribution is 0.169. The van der Waals surface area contributed by atoms with E-state index in [-0.39, 0.29) is 0 Å². The first-order valence-electron chi connectivity index (χ1n) is 11.0. The summed E-state index contributed by atoms with van der Waals surface area (Å²) in [5, 5.41) is 13.8. The average Bonchev–Trinajstić information content (AvgIpc) is 2.78. The van der Waals surface area contributed by atoms with E-state index in [0.29, 0.717) is 12.5 Å². The van der Waals surface area contributed by atoms with Crippen LogP contribution in [0.4, 0.5) is 0 Å². The highest BCUT2D eigenvalue weighted by Gasteiger charge is 2.20. The van der Waals surface area contributed by atoms with Gasteiger partial charge in [-0.15, -0.1) is 0 Å². The van der Waals surface area contributed by atoms with Gasteiger partial charge in [0.25, 0.3) is 0 Å². The SMILES string of the molecule is CCNC(=NCC(O)c1ccncc1)N1CCN(Cc2ccc(C(C)C)cc2)CC1. The summed E-state index contributed by atoms with van der Waals surface area (Å²) in [5.41, 5.74) is 3.61. The number of nitrogens with zero attached hydrogens (tertiary/aromatic N) is 4. The Morgan fingerprint density at radius 1 is 1.03 bits per heavy atom. The molecule has 1 aliphatic heterocycles. The normalized spacial score (nSPS) is 16.7. The molecular formula is C24H35N5O. The van der Waals surface area contributed by atoms with Crippen LogP contribution >= 0.6 is 0 Å². The van der Waals surface area contributed by atoms with Crippen molar-refractivity contribution in [2.24, 2.45) is 4.99 Å². The zero-order valence-corrected chi connectivity index (χ0v) is 18.5. The largest absolute Gasteiger partial charge is 0.386 e. The van der Waals surface area contributed by atoms with Crippen molar-refractivity contribution in [2.45, 2.75) is 39.3 Å². The molecule has 1 unspecified atom stereocenters. The molecule has 2 N–H and O–H groups in total. The van der Waals surface area contributed by atoms with Crippen molar-refractivity contribution in [3.63, 3.8) is 0 Å². The van der Waals surface area contributed by atoms with E-state index in [9.17, 15) is 5.11 Å². The van der Waals surface area contributed by atoms with E-state index < -0.39 is 6.10 Å². The maximum atomic E-state index is 10.4. The highest BCUT2D eigenvalue weighted by molar-refractivity contribution is 5.80. The highest BCUT2D eigenvalue weighted by atomic mass is 16.3. The third-order valence-electron chi connectivity index (χ3n) is 5.56. The van der Waals surface area contributed by atoms with E-state index in [2.05, 4.69) is 65.1 Å². The Labute approximate surface area is 180 Å². The molecule has 0 spiro atoms. The Morgan fingerprint density at radius 2 is 1.70 bits per heavy atom. The van der Waals surface area contributed by atoms with Crippen LogP contribution in [0.5, 0.6) is 0 Å². The zero-order valence-electron chi connectivity index (χ0n) is 18.5. The van der Waals surface area contributed by atoms with Gasteiger partial charge in [0.15, 0.2) is 5.96 Å². The summed E-state index contributed by atoms with van der Waals surface area (Å²) < 4.78 is 0. The Balaban J connectivity index is 1.53. The van der Waals surface area contributed by atoms with Gasteiger partial charge in [-0.25, -0.2) is 0 Å². The predicted molar refractivity (Wildman–Crippen MR) is 123 cm³/mol. The summed E-state index contributed by atoms with van der Waals surface area (Å²) in [6, 6.07) is 12.7. The van der Waals surface area contributed by atoms with E-state index in [1.807, 2.05) is 12.1 Å². The Morgan fingerprint density at radius 3 is 2.30 bits per heavy atom. The number of aliphatic imine (C=N–C) groups is 1. The second-order valence-electron chi connectivity index (χ2n) is 8.15. The third-order valence-corrected chi connectivity index (χ3v) is 5.56. The lowest BCUT2D eigenvalue weighted by Gasteiger charge is -2.36. The molecule has 30 heavy (non-hydrogen) atoms. The number of aliphatic hydroxyl groups is 1. The number of hydrogen-bond acceptors (Lipinski definition) is 4. The molecule has 0 saturated carbocycles. The van der Waals surface area contributed by atoms with E-state index in [1.54, 1.807) is 12.4 Å². The third kappa shape index (κ3) is 6.28. The second-order valence-corrected chi connectivity index (χ2v) is 8.15. The van der Waals surface area contributed by atoms with Crippen LogP contribution in [0.3, 0.4) is 0 Å². The van der Waals surface area contributed by atoms with Gasteiger partial charge in [-0.2, -0.15) is 0 Å². The average molecular weight is 410 g/mol. The van der Waals surface area contributed by atoms with Crippen molar-refractivity contribution < 1.29 is 5.11 Å². The Hall–Kier alpha value is -2.44. The van der Waals surface area contributed by atoms with Crippen LogP contribution in [0, 0.1) is 0 Å². The molecule has 1 fully saturated rings. The van der Waals surface area contributed by atoms with Gasteiger partial charge in [-0.05, 0) is 41.7 Å². The van der Waals surface area contributed by atoms with Gasteiger partial charge in [0, 0.05) is 51.7 Å². The molecule has 1 aliphatic rings. The van der Waals surface area contributed by atoms with Crippen molar-refractivity contribution in [2.75, 3.05) is 39.3 Å². The van der Waals surface area contributed by atoms with Crippen LogP contribution < -0.4 is 5.32 Å². The molecule has 2 aromatic rings.